The maximum atomic E-state index is 6.37. The number of nitrogens with two attached hydrogens (primary N) is 1. The minimum absolute atomic E-state index is 0.0689. The van der Waals surface area contributed by atoms with Crippen molar-refractivity contribution in [3.05, 3.63) is 18.2 Å². The summed E-state index contributed by atoms with van der Waals surface area (Å²) in [5.74, 6) is 1.79. The molecule has 2 aromatic heterocycles. The number of aryl methyl sites for hydroxylation is 2. The van der Waals surface area contributed by atoms with E-state index >= 15 is 0 Å². The van der Waals surface area contributed by atoms with E-state index in [4.69, 9.17) is 10.7 Å². The predicted octanol–water partition coefficient (Wildman–Crippen LogP) is 3.06. The average molecular weight is 275 g/mol. The third-order valence-corrected chi connectivity index (χ3v) is 3.36. The van der Waals surface area contributed by atoms with Gasteiger partial charge < -0.3 is 10.3 Å². The van der Waals surface area contributed by atoms with Crippen LogP contribution in [0.1, 0.15) is 46.9 Å². The number of rotatable bonds is 4. The van der Waals surface area contributed by atoms with Crippen LogP contribution in [0.25, 0.3) is 11.3 Å². The van der Waals surface area contributed by atoms with Crippen LogP contribution in [0.2, 0.25) is 0 Å². The van der Waals surface area contributed by atoms with Crippen LogP contribution in [-0.4, -0.2) is 19.3 Å². The smallest absolute Gasteiger partial charge is 0.132 e. The lowest BCUT2D eigenvalue weighted by molar-refractivity contribution is 0.387. The van der Waals surface area contributed by atoms with Gasteiger partial charge in [0.1, 0.15) is 17.3 Å². The molecule has 0 radical (unpaired) electrons. The van der Waals surface area contributed by atoms with Gasteiger partial charge in [-0.2, -0.15) is 5.10 Å². The Labute approximate surface area is 120 Å². The number of hydrogen-bond acceptors (Lipinski definition) is 3. The van der Waals surface area contributed by atoms with Crippen molar-refractivity contribution in [2.24, 2.45) is 0 Å². The van der Waals surface area contributed by atoms with E-state index < -0.39 is 0 Å². The first-order chi connectivity index (χ1) is 9.38. The van der Waals surface area contributed by atoms with E-state index in [9.17, 15) is 0 Å². The Kier molecular flexibility index (Phi) is 3.88. The van der Waals surface area contributed by atoms with Crippen molar-refractivity contribution >= 4 is 5.82 Å². The third-order valence-electron chi connectivity index (χ3n) is 3.36. The normalized spacial score (nSPS) is 12.1. The van der Waals surface area contributed by atoms with E-state index in [1.807, 2.05) is 17.1 Å². The number of nitrogen functional groups attached to an aromatic ring is 1. The second-order valence-corrected chi connectivity index (χ2v) is 6.10. The number of aromatic nitrogens is 4. The summed E-state index contributed by atoms with van der Waals surface area (Å²) in [4.78, 5) is 4.77. The lowest BCUT2D eigenvalue weighted by Gasteiger charge is -2.25. The van der Waals surface area contributed by atoms with Crippen molar-refractivity contribution in [1.82, 2.24) is 19.3 Å². The van der Waals surface area contributed by atoms with Gasteiger partial charge in [-0.25, -0.2) is 4.98 Å². The largest absolute Gasteiger partial charge is 0.383 e. The maximum absolute atomic E-state index is 6.37. The van der Waals surface area contributed by atoms with Gasteiger partial charge in [0, 0.05) is 30.3 Å². The fourth-order valence-corrected chi connectivity index (χ4v) is 2.49. The summed E-state index contributed by atoms with van der Waals surface area (Å²) in [6, 6.07) is 0. The first-order valence-corrected chi connectivity index (χ1v) is 7.28. The van der Waals surface area contributed by atoms with Crippen LogP contribution in [0.4, 0.5) is 5.82 Å². The minimum Gasteiger partial charge on any atom is -0.383 e. The zero-order valence-corrected chi connectivity index (χ0v) is 13.1. The molecule has 0 aliphatic carbocycles. The molecule has 2 N–H and O–H groups in total. The van der Waals surface area contributed by atoms with E-state index in [0.717, 1.165) is 42.3 Å². The van der Waals surface area contributed by atoms with Crippen LogP contribution in [0.3, 0.4) is 0 Å². The zero-order chi connectivity index (χ0) is 14.9. The van der Waals surface area contributed by atoms with Gasteiger partial charge in [-0.15, -0.1) is 0 Å². The summed E-state index contributed by atoms with van der Waals surface area (Å²) in [5, 5.41) is 4.31. The number of anilines is 1. The maximum Gasteiger partial charge on any atom is 0.132 e. The molecule has 2 heterocycles. The Hall–Kier alpha value is -1.78. The Morgan fingerprint density at radius 2 is 1.95 bits per heavy atom. The van der Waals surface area contributed by atoms with E-state index in [1.165, 1.54) is 0 Å². The molecule has 0 saturated heterocycles. The Balaban J connectivity index is 2.55. The molecule has 0 aliphatic rings. The Morgan fingerprint density at radius 3 is 2.45 bits per heavy atom. The molecule has 0 atom stereocenters. The number of imidazole rings is 1. The van der Waals surface area contributed by atoms with Gasteiger partial charge in [0.2, 0.25) is 0 Å². The van der Waals surface area contributed by atoms with E-state index in [1.54, 1.807) is 0 Å². The highest BCUT2D eigenvalue weighted by Gasteiger charge is 2.24. The highest BCUT2D eigenvalue weighted by atomic mass is 15.3. The lowest BCUT2D eigenvalue weighted by atomic mass is 10.1. The topological polar surface area (TPSA) is 61.7 Å². The monoisotopic (exact) mass is 275 g/mol. The molecule has 0 bridgehead atoms. The molecule has 0 aromatic carbocycles. The van der Waals surface area contributed by atoms with Gasteiger partial charge >= 0.3 is 0 Å². The minimum atomic E-state index is -0.0689. The van der Waals surface area contributed by atoms with E-state index in [0.29, 0.717) is 0 Å². The molecular formula is C15H25N5. The van der Waals surface area contributed by atoms with Crippen molar-refractivity contribution in [2.75, 3.05) is 5.73 Å². The van der Waals surface area contributed by atoms with Crippen LogP contribution in [-0.2, 0) is 18.5 Å². The first kappa shape index (κ1) is 14.6. The molecule has 0 saturated carbocycles. The summed E-state index contributed by atoms with van der Waals surface area (Å²) in [6.07, 6.45) is 5.83. The molecule has 0 fully saturated rings. The van der Waals surface area contributed by atoms with Crippen molar-refractivity contribution in [3.63, 3.8) is 0 Å². The Morgan fingerprint density at radius 1 is 1.25 bits per heavy atom. The predicted molar refractivity (Wildman–Crippen MR) is 82.5 cm³/mol. The van der Waals surface area contributed by atoms with Crippen LogP contribution in [0.5, 0.6) is 0 Å². The second kappa shape index (κ2) is 5.31. The standard InChI is InChI=1S/C15H25N5/c1-6-8-12-18-13(11-9-17-19(7-2)10-11)14(16)20(12)15(3,4)5/h9-10H,6-8,16H2,1-5H3. The van der Waals surface area contributed by atoms with Gasteiger partial charge in [-0.05, 0) is 34.1 Å². The van der Waals surface area contributed by atoms with Crippen LogP contribution >= 0.6 is 0 Å². The molecule has 5 nitrogen and oxygen atoms in total. The number of hydrogen-bond donors (Lipinski definition) is 1. The summed E-state index contributed by atoms with van der Waals surface area (Å²) in [6.45, 7) is 11.5. The summed E-state index contributed by atoms with van der Waals surface area (Å²) in [7, 11) is 0. The van der Waals surface area contributed by atoms with Gasteiger partial charge in [-0.1, -0.05) is 6.92 Å². The highest BCUT2D eigenvalue weighted by molar-refractivity contribution is 5.70. The van der Waals surface area contributed by atoms with Crippen molar-refractivity contribution in [2.45, 2.75) is 59.5 Å². The van der Waals surface area contributed by atoms with Crippen LogP contribution in [0.15, 0.2) is 12.4 Å². The average Bonchev–Trinajstić information content (AvgIpc) is 2.93. The molecule has 0 unspecified atom stereocenters. The van der Waals surface area contributed by atoms with Gasteiger partial charge in [0.15, 0.2) is 0 Å². The lowest BCUT2D eigenvalue weighted by Crippen LogP contribution is -2.25. The molecular weight excluding hydrogens is 250 g/mol. The summed E-state index contributed by atoms with van der Waals surface area (Å²) >= 11 is 0. The van der Waals surface area contributed by atoms with Crippen LogP contribution in [0, 0.1) is 0 Å². The first-order valence-electron chi connectivity index (χ1n) is 7.28. The zero-order valence-electron chi connectivity index (χ0n) is 13.1. The number of nitrogens with zero attached hydrogens (tertiary/aromatic N) is 4. The van der Waals surface area contributed by atoms with Crippen molar-refractivity contribution in [3.8, 4) is 11.3 Å². The third kappa shape index (κ3) is 2.57. The molecule has 5 heteroatoms. The molecule has 2 aromatic rings. The van der Waals surface area contributed by atoms with Gasteiger partial charge in [0.25, 0.3) is 0 Å². The van der Waals surface area contributed by atoms with Crippen molar-refractivity contribution < 1.29 is 0 Å². The van der Waals surface area contributed by atoms with Gasteiger partial charge in [0.05, 0.1) is 6.20 Å². The summed E-state index contributed by atoms with van der Waals surface area (Å²) in [5.41, 5.74) is 8.14. The fourth-order valence-electron chi connectivity index (χ4n) is 2.49. The second-order valence-electron chi connectivity index (χ2n) is 6.10. The molecule has 0 amide bonds. The molecule has 0 spiro atoms. The van der Waals surface area contributed by atoms with E-state index in [2.05, 4.69) is 44.3 Å². The van der Waals surface area contributed by atoms with E-state index in [-0.39, 0.29) is 5.54 Å². The van der Waals surface area contributed by atoms with Crippen molar-refractivity contribution in [1.29, 1.82) is 0 Å². The van der Waals surface area contributed by atoms with Gasteiger partial charge in [-0.3, -0.25) is 4.68 Å². The van der Waals surface area contributed by atoms with Crippen LogP contribution < -0.4 is 5.73 Å². The SMILES string of the molecule is CCCc1nc(-c2cnn(CC)c2)c(N)n1C(C)(C)C. The Bertz CT molecular complexity index is 586. The molecule has 2 rings (SSSR count). The quantitative estimate of drug-likeness (QED) is 0.932. The highest BCUT2D eigenvalue weighted by Crippen LogP contribution is 2.31. The summed E-state index contributed by atoms with van der Waals surface area (Å²) < 4.78 is 4.04. The molecule has 110 valence electrons. The molecule has 20 heavy (non-hydrogen) atoms. The fraction of sp³-hybridized carbons (Fsp3) is 0.600. The molecule has 0 aliphatic heterocycles.